The summed E-state index contributed by atoms with van der Waals surface area (Å²) < 4.78 is 5.14. The summed E-state index contributed by atoms with van der Waals surface area (Å²) in [6, 6.07) is 6.16. The molecule has 0 fully saturated rings. The van der Waals surface area contributed by atoms with Crippen molar-refractivity contribution in [2.45, 2.75) is 25.9 Å². The minimum atomic E-state index is -0.450. The first kappa shape index (κ1) is 14.7. The smallest absolute Gasteiger partial charge is 0.287 e. The number of likely N-dealkylation sites (N-methyl/N-ethyl adjacent to an activating group) is 1. The Morgan fingerprint density at radius 3 is 3.10 bits per heavy atom. The van der Waals surface area contributed by atoms with E-state index in [1.807, 2.05) is 12.5 Å². The quantitative estimate of drug-likeness (QED) is 0.478. The third-order valence-corrected chi connectivity index (χ3v) is 4.06. The van der Waals surface area contributed by atoms with Gasteiger partial charge >= 0.3 is 0 Å². The minimum Gasteiger partial charge on any atom is -0.359 e. The largest absolute Gasteiger partial charge is 0.359 e. The fourth-order valence-electron chi connectivity index (χ4n) is 1.85. The predicted octanol–water partition coefficient (Wildman–Crippen LogP) is 1.40. The molecule has 0 spiro atoms. The summed E-state index contributed by atoms with van der Waals surface area (Å²) in [4.78, 5) is 14.8. The molecule has 2 aromatic heterocycles. The van der Waals surface area contributed by atoms with Gasteiger partial charge in [-0.05, 0) is 31.8 Å². The van der Waals surface area contributed by atoms with E-state index < -0.39 is 5.91 Å². The topological polar surface area (TPSA) is 84.4 Å². The first-order chi connectivity index (χ1) is 9.60. The Labute approximate surface area is 121 Å². The van der Waals surface area contributed by atoms with Crippen LogP contribution >= 0.6 is 11.3 Å². The molecule has 0 saturated carbocycles. The highest BCUT2D eigenvalue weighted by Gasteiger charge is 2.16. The van der Waals surface area contributed by atoms with Gasteiger partial charge < -0.3 is 4.52 Å². The van der Waals surface area contributed by atoms with E-state index in [-0.39, 0.29) is 5.69 Å². The maximum Gasteiger partial charge on any atom is 0.287 e. The van der Waals surface area contributed by atoms with Crippen LogP contribution in [0.25, 0.3) is 0 Å². The summed E-state index contributed by atoms with van der Waals surface area (Å²) in [7, 11) is 2.02. The Morgan fingerprint density at radius 2 is 2.45 bits per heavy atom. The Bertz CT molecular complexity index is 552. The van der Waals surface area contributed by atoms with Gasteiger partial charge in [0.15, 0.2) is 11.5 Å². The van der Waals surface area contributed by atoms with Gasteiger partial charge in [-0.15, -0.1) is 11.3 Å². The zero-order valence-corrected chi connectivity index (χ0v) is 12.3. The molecular formula is C13H18N4O2S. The normalized spacial score (nSPS) is 12.6. The van der Waals surface area contributed by atoms with E-state index >= 15 is 0 Å². The lowest BCUT2D eigenvalue weighted by Gasteiger charge is -2.22. The molecule has 0 aromatic carbocycles. The minimum absolute atomic E-state index is 0.196. The molecule has 20 heavy (non-hydrogen) atoms. The first-order valence-electron chi connectivity index (χ1n) is 6.29. The van der Waals surface area contributed by atoms with Gasteiger partial charge in [0, 0.05) is 17.0 Å². The van der Waals surface area contributed by atoms with Crippen molar-refractivity contribution in [3.05, 3.63) is 39.9 Å². The summed E-state index contributed by atoms with van der Waals surface area (Å²) in [6.07, 6.45) is 0.985. The number of nitrogens with zero attached hydrogens (tertiary/aromatic N) is 2. The highest BCUT2D eigenvalue weighted by atomic mass is 32.1. The van der Waals surface area contributed by atoms with E-state index in [9.17, 15) is 4.79 Å². The van der Waals surface area contributed by atoms with Crippen LogP contribution in [0.2, 0.25) is 0 Å². The molecule has 7 heteroatoms. The number of rotatable bonds is 6. The molecule has 0 aliphatic rings. The predicted molar refractivity (Wildman–Crippen MR) is 77.1 cm³/mol. The molecule has 2 rings (SSSR count). The molecule has 108 valence electrons. The molecule has 1 amide bonds. The molecule has 0 radical (unpaired) electrons. The van der Waals surface area contributed by atoms with Crippen molar-refractivity contribution in [1.29, 1.82) is 0 Å². The summed E-state index contributed by atoms with van der Waals surface area (Å²) in [5.41, 5.74) is 2.22. The average molecular weight is 294 g/mol. The van der Waals surface area contributed by atoms with Crippen molar-refractivity contribution in [2.24, 2.45) is 5.84 Å². The van der Waals surface area contributed by atoms with Gasteiger partial charge in [-0.1, -0.05) is 11.2 Å². The van der Waals surface area contributed by atoms with Gasteiger partial charge in [0.2, 0.25) is 0 Å². The second-order valence-corrected chi connectivity index (χ2v) is 5.73. The van der Waals surface area contributed by atoms with Crippen LogP contribution in [0.5, 0.6) is 0 Å². The van der Waals surface area contributed by atoms with Gasteiger partial charge in [0.25, 0.3) is 5.91 Å². The van der Waals surface area contributed by atoms with Crippen LogP contribution in [0.15, 0.2) is 28.1 Å². The lowest BCUT2D eigenvalue weighted by molar-refractivity contribution is 0.0944. The third kappa shape index (κ3) is 3.66. The molecule has 0 saturated heterocycles. The monoisotopic (exact) mass is 294 g/mol. The number of hydrazine groups is 1. The van der Waals surface area contributed by atoms with Gasteiger partial charge in [0.1, 0.15) is 0 Å². The van der Waals surface area contributed by atoms with Crippen LogP contribution in [0, 0.1) is 0 Å². The molecule has 0 bridgehead atoms. The van der Waals surface area contributed by atoms with Gasteiger partial charge in [-0.2, -0.15) is 0 Å². The molecule has 1 unspecified atom stereocenters. The van der Waals surface area contributed by atoms with Crippen LogP contribution in [0.1, 0.15) is 28.0 Å². The standard InChI is InChI=1S/C13H18N4O2S/c1-9(6-11-4-3-5-20-11)17(2)8-10-7-12(16-19-10)13(18)15-14/h3-5,7,9H,6,8,14H2,1-2H3,(H,15,18). The number of nitrogen functional groups attached to an aromatic ring is 1. The van der Waals surface area contributed by atoms with Crippen LogP contribution in [-0.2, 0) is 13.0 Å². The number of hydrogen-bond donors (Lipinski definition) is 2. The van der Waals surface area contributed by atoms with Crippen molar-refractivity contribution in [3.8, 4) is 0 Å². The van der Waals surface area contributed by atoms with E-state index in [2.05, 4.69) is 34.5 Å². The van der Waals surface area contributed by atoms with Gasteiger partial charge in [-0.25, -0.2) is 5.84 Å². The Kier molecular flexibility index (Phi) is 4.89. The number of nitrogens with one attached hydrogen (secondary N) is 1. The SMILES string of the molecule is CC(Cc1cccs1)N(C)Cc1cc(C(=O)NN)no1. The molecule has 3 N–H and O–H groups in total. The Balaban J connectivity index is 1.91. The maximum absolute atomic E-state index is 11.3. The van der Waals surface area contributed by atoms with Crippen molar-refractivity contribution in [3.63, 3.8) is 0 Å². The number of hydrogen-bond acceptors (Lipinski definition) is 6. The lowest BCUT2D eigenvalue weighted by Crippen LogP contribution is -2.30. The van der Waals surface area contributed by atoms with Crippen molar-refractivity contribution in [2.75, 3.05) is 7.05 Å². The van der Waals surface area contributed by atoms with Gasteiger partial charge in [0.05, 0.1) is 6.54 Å². The molecule has 1 atom stereocenters. The van der Waals surface area contributed by atoms with Crippen LogP contribution < -0.4 is 11.3 Å². The van der Waals surface area contributed by atoms with E-state index in [1.54, 1.807) is 17.4 Å². The van der Waals surface area contributed by atoms with Crippen molar-refractivity contribution >= 4 is 17.2 Å². The van der Waals surface area contributed by atoms with Crippen LogP contribution in [0.4, 0.5) is 0 Å². The molecule has 0 aliphatic heterocycles. The lowest BCUT2D eigenvalue weighted by atomic mass is 10.2. The fraction of sp³-hybridized carbons (Fsp3) is 0.385. The summed E-state index contributed by atoms with van der Waals surface area (Å²) >= 11 is 1.76. The van der Waals surface area contributed by atoms with Crippen molar-refractivity contribution < 1.29 is 9.32 Å². The highest BCUT2D eigenvalue weighted by Crippen LogP contribution is 2.15. The number of carbonyl (C=O) groups is 1. The summed E-state index contributed by atoms with van der Waals surface area (Å²) in [5.74, 6) is 5.24. The highest BCUT2D eigenvalue weighted by molar-refractivity contribution is 7.09. The summed E-state index contributed by atoms with van der Waals surface area (Å²) in [6.45, 7) is 2.75. The number of thiophene rings is 1. The second-order valence-electron chi connectivity index (χ2n) is 4.70. The van der Waals surface area contributed by atoms with E-state index in [1.165, 1.54) is 4.88 Å². The molecule has 6 nitrogen and oxygen atoms in total. The first-order valence-corrected chi connectivity index (χ1v) is 7.17. The number of carbonyl (C=O) groups excluding carboxylic acids is 1. The number of nitrogens with two attached hydrogens (primary N) is 1. The Morgan fingerprint density at radius 1 is 1.65 bits per heavy atom. The second kappa shape index (κ2) is 6.65. The average Bonchev–Trinajstić information content (AvgIpc) is 3.09. The number of amides is 1. The zero-order valence-electron chi connectivity index (χ0n) is 11.5. The maximum atomic E-state index is 11.3. The Hall–Kier alpha value is -1.70. The van der Waals surface area contributed by atoms with Crippen LogP contribution in [-0.4, -0.2) is 29.1 Å². The third-order valence-electron chi connectivity index (χ3n) is 3.16. The van der Waals surface area contributed by atoms with E-state index in [0.717, 1.165) is 6.42 Å². The zero-order chi connectivity index (χ0) is 14.5. The van der Waals surface area contributed by atoms with Crippen LogP contribution in [0.3, 0.4) is 0 Å². The van der Waals surface area contributed by atoms with E-state index in [0.29, 0.717) is 18.3 Å². The molecule has 2 aromatic rings. The molecular weight excluding hydrogens is 276 g/mol. The summed E-state index contributed by atoms with van der Waals surface area (Å²) in [5, 5.41) is 5.76. The van der Waals surface area contributed by atoms with Crippen molar-refractivity contribution in [1.82, 2.24) is 15.5 Å². The molecule has 2 heterocycles. The molecule has 0 aliphatic carbocycles. The van der Waals surface area contributed by atoms with E-state index in [4.69, 9.17) is 10.4 Å². The van der Waals surface area contributed by atoms with Gasteiger partial charge in [-0.3, -0.25) is 15.1 Å². The fourth-order valence-corrected chi connectivity index (χ4v) is 2.67. The number of aromatic nitrogens is 1.